The van der Waals surface area contributed by atoms with Crippen molar-refractivity contribution in [2.24, 2.45) is 0 Å². The number of aromatic nitrogens is 2. The van der Waals surface area contributed by atoms with Gasteiger partial charge < -0.3 is 5.73 Å². The van der Waals surface area contributed by atoms with Crippen LogP contribution in [-0.4, -0.2) is 9.78 Å². The van der Waals surface area contributed by atoms with Gasteiger partial charge in [-0.1, -0.05) is 20.8 Å². The third kappa shape index (κ3) is 2.25. The summed E-state index contributed by atoms with van der Waals surface area (Å²) in [7, 11) is 0. The van der Waals surface area contributed by atoms with Crippen molar-refractivity contribution >= 4 is 5.69 Å². The Morgan fingerprint density at radius 3 is 2.64 bits per heavy atom. The molecule has 0 saturated heterocycles. The fourth-order valence-electron chi connectivity index (χ4n) is 1.30. The molecule has 1 rings (SSSR count). The van der Waals surface area contributed by atoms with E-state index in [-0.39, 0.29) is 5.41 Å². The minimum Gasteiger partial charge on any atom is -0.396 e. The Labute approximate surface area is 84.3 Å². The Kier molecular flexibility index (Phi) is 2.80. The van der Waals surface area contributed by atoms with E-state index in [1.54, 1.807) is 10.9 Å². The smallest absolute Gasteiger partial charge is 0.0907 e. The van der Waals surface area contributed by atoms with Crippen LogP contribution < -0.4 is 5.73 Å². The molecule has 0 radical (unpaired) electrons. The lowest BCUT2D eigenvalue weighted by atomic mass is 9.92. The highest BCUT2D eigenvalue weighted by molar-refractivity contribution is 5.44. The van der Waals surface area contributed by atoms with E-state index >= 15 is 0 Å². The van der Waals surface area contributed by atoms with Gasteiger partial charge in [0.1, 0.15) is 0 Å². The number of anilines is 1. The van der Waals surface area contributed by atoms with Crippen LogP contribution in [0.15, 0.2) is 6.20 Å². The highest BCUT2D eigenvalue weighted by Gasteiger charge is 2.20. The number of rotatable bonds is 2. The molecule has 0 fully saturated rings. The summed E-state index contributed by atoms with van der Waals surface area (Å²) < 4.78 is 1.74. The van der Waals surface area contributed by atoms with Crippen molar-refractivity contribution in [3.8, 4) is 6.07 Å². The number of nitrogen functional groups attached to an aromatic ring is 1. The molecular weight excluding hydrogens is 176 g/mol. The van der Waals surface area contributed by atoms with Gasteiger partial charge in [-0.3, -0.25) is 4.68 Å². The van der Waals surface area contributed by atoms with Crippen molar-refractivity contribution in [2.45, 2.75) is 39.2 Å². The van der Waals surface area contributed by atoms with E-state index in [0.29, 0.717) is 18.7 Å². The molecule has 4 heteroatoms. The van der Waals surface area contributed by atoms with E-state index in [1.807, 2.05) is 0 Å². The Morgan fingerprint density at radius 2 is 2.21 bits per heavy atom. The maximum Gasteiger partial charge on any atom is 0.0907 e. The molecule has 0 aliphatic rings. The molecule has 2 N–H and O–H groups in total. The van der Waals surface area contributed by atoms with Gasteiger partial charge in [0, 0.05) is 11.6 Å². The van der Waals surface area contributed by atoms with Gasteiger partial charge in [0.15, 0.2) is 0 Å². The molecular formula is C10H16N4. The van der Waals surface area contributed by atoms with Crippen LogP contribution >= 0.6 is 0 Å². The summed E-state index contributed by atoms with van der Waals surface area (Å²) in [5.74, 6) is 0. The Morgan fingerprint density at radius 1 is 1.57 bits per heavy atom. The van der Waals surface area contributed by atoms with E-state index < -0.39 is 0 Å². The summed E-state index contributed by atoms with van der Waals surface area (Å²) >= 11 is 0. The number of nitrogens with two attached hydrogens (primary N) is 1. The van der Waals surface area contributed by atoms with Crippen LogP contribution in [0.3, 0.4) is 0 Å². The summed E-state index contributed by atoms with van der Waals surface area (Å²) in [6, 6.07) is 2.08. The number of nitriles is 1. The normalized spacial score (nSPS) is 11.3. The zero-order chi connectivity index (χ0) is 10.8. The summed E-state index contributed by atoms with van der Waals surface area (Å²) in [4.78, 5) is 0. The molecule has 76 valence electrons. The first-order valence-electron chi connectivity index (χ1n) is 4.65. The van der Waals surface area contributed by atoms with Crippen molar-refractivity contribution in [3.05, 3.63) is 11.9 Å². The zero-order valence-corrected chi connectivity index (χ0v) is 8.91. The van der Waals surface area contributed by atoms with Crippen LogP contribution in [0.5, 0.6) is 0 Å². The summed E-state index contributed by atoms with van der Waals surface area (Å²) in [5, 5.41) is 12.8. The highest BCUT2D eigenvalue weighted by Crippen LogP contribution is 2.25. The van der Waals surface area contributed by atoms with E-state index in [1.165, 1.54) is 0 Å². The Bertz CT molecular complexity index is 351. The van der Waals surface area contributed by atoms with Crippen LogP contribution in [-0.2, 0) is 12.0 Å². The fraction of sp³-hybridized carbons (Fsp3) is 0.600. The van der Waals surface area contributed by atoms with Crippen molar-refractivity contribution in [1.82, 2.24) is 9.78 Å². The largest absolute Gasteiger partial charge is 0.396 e. The van der Waals surface area contributed by atoms with Crippen LogP contribution in [0, 0.1) is 11.3 Å². The maximum atomic E-state index is 8.44. The van der Waals surface area contributed by atoms with Crippen molar-refractivity contribution in [2.75, 3.05) is 5.73 Å². The minimum absolute atomic E-state index is 0.0397. The standard InChI is InChI=1S/C10H16N4/c1-10(2,3)9-8(12)7-14(13-9)6-4-5-11/h7H,4,6,12H2,1-3H3. The molecule has 0 spiro atoms. The second kappa shape index (κ2) is 3.70. The van der Waals surface area contributed by atoms with Crippen molar-refractivity contribution < 1.29 is 0 Å². The highest BCUT2D eigenvalue weighted by atomic mass is 15.3. The first-order chi connectivity index (χ1) is 6.45. The summed E-state index contributed by atoms with van der Waals surface area (Å²) in [6.45, 7) is 6.82. The molecule has 0 saturated carbocycles. The van der Waals surface area contributed by atoms with Crippen molar-refractivity contribution in [1.29, 1.82) is 5.26 Å². The quantitative estimate of drug-likeness (QED) is 0.775. The molecule has 0 amide bonds. The third-order valence-electron chi connectivity index (χ3n) is 1.95. The molecule has 0 bridgehead atoms. The topological polar surface area (TPSA) is 67.6 Å². The van der Waals surface area contributed by atoms with Gasteiger partial charge in [-0.25, -0.2) is 0 Å². The van der Waals surface area contributed by atoms with Gasteiger partial charge in [-0.2, -0.15) is 10.4 Å². The predicted molar refractivity (Wildman–Crippen MR) is 55.6 cm³/mol. The molecule has 4 nitrogen and oxygen atoms in total. The average molecular weight is 192 g/mol. The maximum absolute atomic E-state index is 8.44. The Hall–Kier alpha value is -1.50. The monoisotopic (exact) mass is 192 g/mol. The van der Waals surface area contributed by atoms with E-state index in [4.69, 9.17) is 11.0 Å². The first-order valence-corrected chi connectivity index (χ1v) is 4.65. The lowest BCUT2D eigenvalue weighted by Gasteiger charge is -2.15. The molecule has 0 aliphatic carbocycles. The van der Waals surface area contributed by atoms with Gasteiger partial charge in [0.25, 0.3) is 0 Å². The van der Waals surface area contributed by atoms with Crippen LogP contribution in [0.25, 0.3) is 0 Å². The molecule has 0 atom stereocenters. The van der Waals surface area contributed by atoms with Gasteiger partial charge in [0.2, 0.25) is 0 Å². The van der Waals surface area contributed by atoms with Crippen LogP contribution in [0.1, 0.15) is 32.9 Å². The van der Waals surface area contributed by atoms with Crippen molar-refractivity contribution in [3.63, 3.8) is 0 Å². The average Bonchev–Trinajstić information content (AvgIpc) is 2.42. The van der Waals surface area contributed by atoms with Gasteiger partial charge in [0.05, 0.1) is 30.4 Å². The lowest BCUT2D eigenvalue weighted by Crippen LogP contribution is -2.14. The number of hydrogen-bond donors (Lipinski definition) is 1. The van der Waals surface area contributed by atoms with Gasteiger partial charge in [-0.15, -0.1) is 0 Å². The van der Waals surface area contributed by atoms with E-state index in [2.05, 4.69) is 31.9 Å². The first kappa shape index (κ1) is 10.6. The Balaban J connectivity index is 2.89. The summed E-state index contributed by atoms with van der Waals surface area (Å²) in [5.41, 5.74) is 7.40. The number of hydrogen-bond acceptors (Lipinski definition) is 3. The van der Waals surface area contributed by atoms with Gasteiger partial charge >= 0.3 is 0 Å². The summed E-state index contributed by atoms with van der Waals surface area (Å²) in [6.07, 6.45) is 2.25. The predicted octanol–water partition coefficient (Wildman–Crippen LogP) is 1.68. The third-order valence-corrected chi connectivity index (χ3v) is 1.95. The van der Waals surface area contributed by atoms with E-state index in [9.17, 15) is 0 Å². The van der Waals surface area contributed by atoms with Crippen LogP contribution in [0.2, 0.25) is 0 Å². The van der Waals surface area contributed by atoms with Gasteiger partial charge in [-0.05, 0) is 0 Å². The molecule has 14 heavy (non-hydrogen) atoms. The second-order valence-corrected chi connectivity index (χ2v) is 4.35. The molecule has 0 unspecified atom stereocenters. The van der Waals surface area contributed by atoms with Crippen LogP contribution in [0.4, 0.5) is 5.69 Å². The lowest BCUT2D eigenvalue weighted by molar-refractivity contribution is 0.536. The van der Waals surface area contributed by atoms with E-state index in [0.717, 1.165) is 5.69 Å². The molecule has 1 aromatic heterocycles. The zero-order valence-electron chi connectivity index (χ0n) is 8.91. The molecule has 1 aromatic rings. The number of nitrogens with zero attached hydrogens (tertiary/aromatic N) is 3. The minimum atomic E-state index is -0.0397. The molecule has 0 aromatic carbocycles. The second-order valence-electron chi connectivity index (χ2n) is 4.35. The molecule has 0 aliphatic heterocycles. The fourth-order valence-corrected chi connectivity index (χ4v) is 1.30. The molecule has 1 heterocycles. The number of aryl methyl sites for hydroxylation is 1. The SMILES string of the molecule is CC(C)(C)c1nn(CCC#N)cc1N.